The Morgan fingerprint density at radius 1 is 1.26 bits per heavy atom. The van der Waals surface area contributed by atoms with Crippen LogP contribution in [0.1, 0.15) is 51.6 Å². The van der Waals surface area contributed by atoms with Crippen molar-refractivity contribution < 1.29 is 14.7 Å². The maximum Gasteiger partial charge on any atom is 0.242 e. The fraction of sp³-hybridized carbons (Fsp3) is 0.556. The largest absolute Gasteiger partial charge is 0.508 e. The van der Waals surface area contributed by atoms with Gasteiger partial charge in [0.05, 0.1) is 12.6 Å². The van der Waals surface area contributed by atoms with Gasteiger partial charge in [-0.25, -0.2) is 0 Å². The lowest BCUT2D eigenvalue weighted by molar-refractivity contribution is -0.134. The number of hydrogen-bond donors (Lipinski definition) is 2. The number of nitrogens with zero attached hydrogens (tertiary/aromatic N) is 1. The molecule has 0 aromatic heterocycles. The summed E-state index contributed by atoms with van der Waals surface area (Å²) in [5.41, 5.74) is 0.935. The highest BCUT2D eigenvalue weighted by molar-refractivity contribution is 5.85. The van der Waals surface area contributed by atoms with Gasteiger partial charge in [0, 0.05) is 13.0 Å². The highest BCUT2D eigenvalue weighted by Gasteiger charge is 2.30. The molecule has 5 heteroatoms. The molecule has 1 aliphatic rings. The normalized spacial score (nSPS) is 18.0. The fourth-order valence-electron chi connectivity index (χ4n) is 2.93. The van der Waals surface area contributed by atoms with Crippen molar-refractivity contribution in [3.8, 4) is 5.75 Å². The predicted molar refractivity (Wildman–Crippen MR) is 88.9 cm³/mol. The van der Waals surface area contributed by atoms with Crippen molar-refractivity contribution >= 4 is 11.8 Å². The summed E-state index contributed by atoms with van der Waals surface area (Å²) in [6, 6.07) is 7.01. The SMILES string of the molecule is CC(C)(C)CC(=O)NCC(=O)N1CCCC1c1ccc(O)cc1. The molecule has 0 radical (unpaired) electrons. The number of likely N-dealkylation sites (tertiary alicyclic amines) is 1. The van der Waals surface area contributed by atoms with Gasteiger partial charge in [0.25, 0.3) is 0 Å². The Labute approximate surface area is 137 Å². The Kier molecular flexibility index (Phi) is 5.29. The third-order valence-corrected chi connectivity index (χ3v) is 3.98. The van der Waals surface area contributed by atoms with Crippen LogP contribution in [0.15, 0.2) is 24.3 Å². The van der Waals surface area contributed by atoms with Crippen molar-refractivity contribution in [2.45, 2.75) is 46.1 Å². The van der Waals surface area contributed by atoms with Gasteiger partial charge in [-0.1, -0.05) is 32.9 Å². The van der Waals surface area contributed by atoms with Crippen LogP contribution in [0.5, 0.6) is 5.75 Å². The number of phenols is 1. The van der Waals surface area contributed by atoms with Crippen molar-refractivity contribution in [3.63, 3.8) is 0 Å². The molecule has 5 nitrogen and oxygen atoms in total. The Balaban J connectivity index is 1.93. The summed E-state index contributed by atoms with van der Waals surface area (Å²) >= 11 is 0. The van der Waals surface area contributed by atoms with E-state index in [1.807, 2.05) is 37.8 Å². The molecule has 0 saturated carbocycles. The second kappa shape index (κ2) is 7.02. The van der Waals surface area contributed by atoms with E-state index in [1.54, 1.807) is 12.1 Å². The molecule has 23 heavy (non-hydrogen) atoms. The maximum atomic E-state index is 12.4. The van der Waals surface area contributed by atoms with Crippen LogP contribution in [-0.4, -0.2) is 34.9 Å². The molecule has 2 amide bonds. The van der Waals surface area contributed by atoms with Gasteiger partial charge in [-0.05, 0) is 36.0 Å². The zero-order valence-corrected chi connectivity index (χ0v) is 14.1. The highest BCUT2D eigenvalue weighted by Crippen LogP contribution is 2.32. The van der Waals surface area contributed by atoms with E-state index in [-0.39, 0.29) is 35.6 Å². The number of carbonyl (C=O) groups excluding carboxylic acids is 2. The van der Waals surface area contributed by atoms with Crippen LogP contribution in [-0.2, 0) is 9.59 Å². The molecule has 1 saturated heterocycles. The number of hydrogen-bond acceptors (Lipinski definition) is 3. The lowest BCUT2D eigenvalue weighted by Crippen LogP contribution is -2.40. The predicted octanol–water partition coefficient (Wildman–Crippen LogP) is 2.61. The molecule has 1 unspecified atom stereocenters. The lowest BCUT2D eigenvalue weighted by atomic mass is 9.92. The van der Waals surface area contributed by atoms with Gasteiger partial charge in [-0.3, -0.25) is 9.59 Å². The van der Waals surface area contributed by atoms with E-state index in [2.05, 4.69) is 5.32 Å². The molecule has 2 rings (SSSR count). The number of nitrogens with one attached hydrogen (secondary N) is 1. The van der Waals surface area contributed by atoms with Gasteiger partial charge in [-0.15, -0.1) is 0 Å². The van der Waals surface area contributed by atoms with E-state index in [4.69, 9.17) is 0 Å². The van der Waals surface area contributed by atoms with Gasteiger partial charge in [0.2, 0.25) is 11.8 Å². The summed E-state index contributed by atoms with van der Waals surface area (Å²) < 4.78 is 0. The summed E-state index contributed by atoms with van der Waals surface area (Å²) in [4.78, 5) is 26.1. The smallest absolute Gasteiger partial charge is 0.242 e. The quantitative estimate of drug-likeness (QED) is 0.896. The van der Waals surface area contributed by atoms with Gasteiger partial charge < -0.3 is 15.3 Å². The highest BCUT2D eigenvalue weighted by atomic mass is 16.3. The van der Waals surface area contributed by atoms with Crippen LogP contribution < -0.4 is 5.32 Å². The van der Waals surface area contributed by atoms with Crippen LogP contribution in [0.4, 0.5) is 0 Å². The minimum Gasteiger partial charge on any atom is -0.508 e. The molecule has 0 bridgehead atoms. The molecule has 0 aliphatic carbocycles. The van der Waals surface area contributed by atoms with Gasteiger partial charge in [0.1, 0.15) is 5.75 Å². The molecule has 126 valence electrons. The molecule has 1 aromatic carbocycles. The molecular weight excluding hydrogens is 292 g/mol. The van der Waals surface area contributed by atoms with Crippen molar-refractivity contribution in [2.24, 2.45) is 5.41 Å². The van der Waals surface area contributed by atoms with E-state index < -0.39 is 0 Å². The van der Waals surface area contributed by atoms with Crippen molar-refractivity contribution in [3.05, 3.63) is 29.8 Å². The molecule has 1 aliphatic heterocycles. The van der Waals surface area contributed by atoms with Crippen LogP contribution in [0.2, 0.25) is 0 Å². The minimum atomic E-state index is -0.0915. The summed E-state index contributed by atoms with van der Waals surface area (Å²) in [5, 5.41) is 12.1. The van der Waals surface area contributed by atoms with Crippen LogP contribution in [0.3, 0.4) is 0 Å². The van der Waals surface area contributed by atoms with E-state index in [0.29, 0.717) is 13.0 Å². The van der Waals surface area contributed by atoms with Crippen molar-refractivity contribution in [1.82, 2.24) is 10.2 Å². The van der Waals surface area contributed by atoms with Crippen LogP contribution >= 0.6 is 0 Å². The van der Waals surface area contributed by atoms with Crippen molar-refractivity contribution in [2.75, 3.05) is 13.1 Å². The zero-order chi connectivity index (χ0) is 17.0. The Bertz CT molecular complexity index is 561. The molecule has 0 spiro atoms. The van der Waals surface area contributed by atoms with Crippen molar-refractivity contribution in [1.29, 1.82) is 0 Å². The number of phenolic OH excluding ortho intramolecular Hbond substituents is 1. The number of carbonyl (C=O) groups is 2. The Hall–Kier alpha value is -2.04. The Morgan fingerprint density at radius 3 is 2.52 bits per heavy atom. The standard InChI is InChI=1S/C18H26N2O3/c1-18(2,3)11-16(22)19-12-17(23)20-10-4-5-15(20)13-6-8-14(21)9-7-13/h6-9,15,21H,4-5,10-12H2,1-3H3,(H,19,22). The average molecular weight is 318 g/mol. The first kappa shape index (κ1) is 17.3. The third kappa shape index (κ3) is 4.98. The summed E-state index contributed by atoms with van der Waals surface area (Å²) in [6.45, 7) is 6.74. The van der Waals surface area contributed by atoms with E-state index in [9.17, 15) is 14.7 Å². The fourth-order valence-corrected chi connectivity index (χ4v) is 2.93. The topological polar surface area (TPSA) is 69.6 Å². The number of rotatable bonds is 4. The van der Waals surface area contributed by atoms with E-state index in [1.165, 1.54) is 0 Å². The summed E-state index contributed by atoms with van der Waals surface area (Å²) in [7, 11) is 0. The third-order valence-electron chi connectivity index (χ3n) is 3.98. The zero-order valence-electron chi connectivity index (χ0n) is 14.1. The van der Waals surface area contributed by atoms with Gasteiger partial charge in [0.15, 0.2) is 0 Å². The van der Waals surface area contributed by atoms with Crippen LogP contribution in [0.25, 0.3) is 0 Å². The molecule has 1 atom stereocenters. The molecule has 1 aromatic rings. The first-order valence-electron chi connectivity index (χ1n) is 8.11. The van der Waals surface area contributed by atoms with Gasteiger partial charge >= 0.3 is 0 Å². The second-order valence-electron chi connectivity index (χ2n) is 7.35. The maximum absolute atomic E-state index is 12.4. The monoisotopic (exact) mass is 318 g/mol. The summed E-state index contributed by atoms with van der Waals surface area (Å²) in [5.74, 6) is 0.0770. The molecular formula is C18H26N2O3. The minimum absolute atomic E-state index is 0.0302. The molecule has 2 N–H and O–H groups in total. The van der Waals surface area contributed by atoms with Crippen LogP contribution in [0, 0.1) is 5.41 Å². The lowest BCUT2D eigenvalue weighted by Gasteiger charge is -2.25. The van der Waals surface area contributed by atoms with E-state index in [0.717, 1.165) is 18.4 Å². The van der Waals surface area contributed by atoms with E-state index >= 15 is 0 Å². The average Bonchev–Trinajstić information content (AvgIpc) is 2.93. The first-order valence-corrected chi connectivity index (χ1v) is 8.11. The number of amides is 2. The molecule has 1 fully saturated rings. The number of aromatic hydroxyl groups is 1. The van der Waals surface area contributed by atoms with Gasteiger partial charge in [-0.2, -0.15) is 0 Å². The first-order chi connectivity index (χ1) is 10.8. The second-order valence-corrected chi connectivity index (χ2v) is 7.35. The molecule has 1 heterocycles. The summed E-state index contributed by atoms with van der Waals surface area (Å²) in [6.07, 6.45) is 2.27. The Morgan fingerprint density at radius 2 is 1.91 bits per heavy atom. The number of benzene rings is 1.